The van der Waals surface area contributed by atoms with Crippen LogP contribution in [-0.2, 0) is 20.8 Å². The molecule has 0 aliphatic carbocycles. The van der Waals surface area contributed by atoms with E-state index in [0.717, 1.165) is 5.56 Å². The second kappa shape index (κ2) is 15.7. The molecule has 0 unspecified atom stereocenters. The molecule has 41 heavy (non-hydrogen) atoms. The monoisotopic (exact) mass is 582 g/mol. The summed E-state index contributed by atoms with van der Waals surface area (Å²) in [5.74, 6) is -0.169. The number of ether oxygens (including phenoxy) is 4. The first-order chi connectivity index (χ1) is 19.8. The molecule has 0 aliphatic rings. The van der Waals surface area contributed by atoms with Crippen molar-refractivity contribution in [3.8, 4) is 23.0 Å². The maximum Gasteiger partial charge on any atom is 0.329 e. The van der Waals surface area contributed by atoms with E-state index in [0.29, 0.717) is 52.3 Å². The van der Waals surface area contributed by atoms with Gasteiger partial charge in [-0.05, 0) is 79.1 Å². The summed E-state index contributed by atoms with van der Waals surface area (Å²) in [7, 11) is 3.09. The topological polar surface area (TPSA) is 137 Å². The van der Waals surface area contributed by atoms with E-state index in [2.05, 4.69) is 21.2 Å². The molecule has 12 heteroatoms. The van der Waals surface area contributed by atoms with E-state index in [1.165, 1.54) is 6.21 Å². The molecule has 3 aromatic rings. The van der Waals surface area contributed by atoms with E-state index in [4.69, 9.17) is 30.5 Å². The Bertz CT molecular complexity index is 1380. The highest BCUT2D eigenvalue weighted by Crippen LogP contribution is 2.29. The molecule has 0 bridgehead atoms. The van der Waals surface area contributed by atoms with Crippen molar-refractivity contribution >= 4 is 41.2 Å². The van der Waals surface area contributed by atoms with E-state index in [1.54, 1.807) is 68.8 Å². The minimum Gasteiger partial charge on any atom is -0.493 e. The largest absolute Gasteiger partial charge is 0.493 e. The maximum absolute atomic E-state index is 12.2. The van der Waals surface area contributed by atoms with E-state index >= 15 is 0 Å². The summed E-state index contributed by atoms with van der Waals surface area (Å²) in [6.07, 6.45) is 1.84. The van der Waals surface area contributed by atoms with Gasteiger partial charge in [-0.3, -0.25) is 14.4 Å². The lowest BCUT2D eigenvalue weighted by Gasteiger charge is -2.12. The number of methoxy groups -OCH3 is 2. The number of hydrogen-bond donors (Lipinski definition) is 3. The van der Waals surface area contributed by atoms with Gasteiger partial charge in [0.1, 0.15) is 0 Å². The third-order valence-electron chi connectivity index (χ3n) is 5.49. The standard InChI is InChI=1S/C29H31ClN4O7/c1-4-40-26-16-20(6-12-24(26)41-18-27(35)33-22-9-7-21(30)8-10-22)17-32-34-29(37)28(36)31-14-13-19-5-11-23(38-2)25(15-19)39-3/h5-12,15-17H,4,13-14,18H2,1-3H3,(H,31,36)(H,33,35)(H,34,37)/b32-17-. The van der Waals surface area contributed by atoms with Crippen molar-refractivity contribution < 1.29 is 33.3 Å². The molecule has 0 spiro atoms. The Hall–Kier alpha value is -4.77. The molecular formula is C29H31ClN4O7. The molecule has 3 amide bonds. The zero-order valence-corrected chi connectivity index (χ0v) is 23.6. The van der Waals surface area contributed by atoms with Gasteiger partial charge in [0.05, 0.1) is 27.0 Å². The van der Waals surface area contributed by atoms with E-state index in [-0.39, 0.29) is 19.1 Å². The lowest BCUT2D eigenvalue weighted by Crippen LogP contribution is -2.38. The summed E-state index contributed by atoms with van der Waals surface area (Å²) >= 11 is 5.86. The molecule has 3 aromatic carbocycles. The van der Waals surface area contributed by atoms with Crippen LogP contribution in [0.25, 0.3) is 0 Å². The number of carbonyl (C=O) groups excluding carboxylic acids is 3. The summed E-state index contributed by atoms with van der Waals surface area (Å²) in [5.41, 5.74) is 4.26. The molecule has 0 saturated heterocycles. The van der Waals surface area contributed by atoms with Crippen LogP contribution in [-0.4, -0.2) is 57.9 Å². The number of benzene rings is 3. The molecule has 0 aliphatic heterocycles. The van der Waals surface area contributed by atoms with Crippen LogP contribution in [0.3, 0.4) is 0 Å². The summed E-state index contributed by atoms with van der Waals surface area (Å²) in [6, 6.07) is 17.0. The number of hydrogen-bond acceptors (Lipinski definition) is 8. The number of amides is 3. The molecule has 3 N–H and O–H groups in total. The quantitative estimate of drug-likeness (QED) is 0.159. The van der Waals surface area contributed by atoms with Crippen molar-refractivity contribution in [1.82, 2.24) is 10.7 Å². The maximum atomic E-state index is 12.2. The molecule has 3 rings (SSSR count). The fourth-order valence-corrected chi connectivity index (χ4v) is 3.65. The molecular weight excluding hydrogens is 552 g/mol. The van der Waals surface area contributed by atoms with E-state index in [9.17, 15) is 14.4 Å². The number of hydrazone groups is 1. The fraction of sp³-hybridized carbons (Fsp3) is 0.241. The van der Waals surface area contributed by atoms with Crippen LogP contribution >= 0.6 is 11.6 Å². The Balaban J connectivity index is 1.48. The third-order valence-corrected chi connectivity index (χ3v) is 5.74. The molecule has 11 nitrogen and oxygen atoms in total. The van der Waals surface area contributed by atoms with Gasteiger partial charge in [0, 0.05) is 17.3 Å². The minimum atomic E-state index is -0.912. The highest BCUT2D eigenvalue weighted by molar-refractivity contribution is 6.35. The number of anilines is 1. The van der Waals surface area contributed by atoms with Crippen molar-refractivity contribution in [3.63, 3.8) is 0 Å². The van der Waals surface area contributed by atoms with Crippen molar-refractivity contribution in [2.75, 3.05) is 39.3 Å². The van der Waals surface area contributed by atoms with Gasteiger partial charge >= 0.3 is 11.8 Å². The summed E-state index contributed by atoms with van der Waals surface area (Å²) < 4.78 is 21.7. The summed E-state index contributed by atoms with van der Waals surface area (Å²) in [5, 5.41) is 9.67. The molecule has 0 radical (unpaired) electrons. The zero-order chi connectivity index (χ0) is 29.6. The number of nitrogens with zero attached hydrogens (tertiary/aromatic N) is 1. The first kappa shape index (κ1) is 30.8. The van der Waals surface area contributed by atoms with Crippen LogP contribution in [0.5, 0.6) is 23.0 Å². The van der Waals surface area contributed by atoms with Crippen LogP contribution in [0.4, 0.5) is 5.69 Å². The smallest absolute Gasteiger partial charge is 0.329 e. The highest BCUT2D eigenvalue weighted by atomic mass is 35.5. The van der Waals surface area contributed by atoms with Gasteiger partial charge in [0.25, 0.3) is 5.91 Å². The first-order valence-corrected chi connectivity index (χ1v) is 13.0. The molecule has 0 saturated carbocycles. The predicted octanol–water partition coefficient (Wildman–Crippen LogP) is 3.58. The van der Waals surface area contributed by atoms with Crippen LogP contribution in [0.2, 0.25) is 5.02 Å². The van der Waals surface area contributed by atoms with Crippen LogP contribution in [0.1, 0.15) is 18.1 Å². The average Bonchev–Trinajstić information content (AvgIpc) is 2.97. The molecule has 0 atom stereocenters. The molecule has 0 fully saturated rings. The van der Waals surface area contributed by atoms with Gasteiger partial charge in [-0.1, -0.05) is 17.7 Å². The fourth-order valence-electron chi connectivity index (χ4n) is 3.52. The first-order valence-electron chi connectivity index (χ1n) is 12.6. The van der Waals surface area contributed by atoms with Crippen LogP contribution < -0.4 is 35.0 Å². The van der Waals surface area contributed by atoms with Gasteiger partial charge in [0.15, 0.2) is 29.6 Å². The summed E-state index contributed by atoms with van der Waals surface area (Å²) in [4.78, 5) is 36.5. The number of halogens is 1. The van der Waals surface area contributed by atoms with Crippen molar-refractivity contribution in [1.29, 1.82) is 0 Å². The third kappa shape index (κ3) is 9.73. The Labute approximate surface area is 242 Å². The van der Waals surface area contributed by atoms with Gasteiger partial charge in [-0.2, -0.15) is 5.10 Å². The molecule has 216 valence electrons. The predicted molar refractivity (Wildman–Crippen MR) is 155 cm³/mol. The number of nitrogens with one attached hydrogen (secondary N) is 3. The Morgan fingerprint density at radius 1 is 0.854 bits per heavy atom. The second-order valence-electron chi connectivity index (χ2n) is 8.38. The number of carbonyl (C=O) groups is 3. The Morgan fingerprint density at radius 2 is 1.59 bits per heavy atom. The molecule has 0 aromatic heterocycles. The summed E-state index contributed by atoms with van der Waals surface area (Å²) in [6.45, 7) is 2.16. The Kier molecular flexibility index (Phi) is 11.8. The minimum absolute atomic E-state index is 0.238. The SMILES string of the molecule is CCOc1cc(/C=N\NC(=O)C(=O)NCCc2ccc(OC)c(OC)c2)ccc1OCC(=O)Nc1ccc(Cl)cc1. The van der Waals surface area contributed by atoms with Crippen LogP contribution in [0, 0.1) is 0 Å². The van der Waals surface area contributed by atoms with Gasteiger partial charge in [-0.15, -0.1) is 0 Å². The van der Waals surface area contributed by atoms with Crippen LogP contribution in [0.15, 0.2) is 65.8 Å². The van der Waals surface area contributed by atoms with Crippen molar-refractivity contribution in [3.05, 3.63) is 76.8 Å². The average molecular weight is 583 g/mol. The highest BCUT2D eigenvalue weighted by Gasteiger charge is 2.13. The van der Waals surface area contributed by atoms with Gasteiger partial charge in [-0.25, -0.2) is 5.43 Å². The van der Waals surface area contributed by atoms with Gasteiger partial charge < -0.3 is 29.6 Å². The van der Waals surface area contributed by atoms with Gasteiger partial charge in [0.2, 0.25) is 0 Å². The van der Waals surface area contributed by atoms with Crippen molar-refractivity contribution in [2.45, 2.75) is 13.3 Å². The van der Waals surface area contributed by atoms with Crippen molar-refractivity contribution in [2.24, 2.45) is 5.10 Å². The normalized spacial score (nSPS) is 10.5. The van der Waals surface area contributed by atoms with E-state index in [1.807, 2.05) is 13.0 Å². The lowest BCUT2D eigenvalue weighted by molar-refractivity contribution is -0.139. The molecule has 0 heterocycles. The Morgan fingerprint density at radius 3 is 2.29 bits per heavy atom. The zero-order valence-electron chi connectivity index (χ0n) is 22.9. The van der Waals surface area contributed by atoms with E-state index < -0.39 is 11.8 Å². The second-order valence-corrected chi connectivity index (χ2v) is 8.81. The number of rotatable bonds is 13. The lowest BCUT2D eigenvalue weighted by atomic mass is 10.1.